The molecular formula is C21H23NO4S. The van der Waals surface area contributed by atoms with Gasteiger partial charge in [0.15, 0.2) is 0 Å². The fourth-order valence-corrected chi connectivity index (χ4v) is 4.37. The van der Waals surface area contributed by atoms with E-state index in [4.69, 9.17) is 9.47 Å². The second-order valence-corrected chi connectivity index (χ2v) is 7.37. The molecule has 5 nitrogen and oxygen atoms in total. The van der Waals surface area contributed by atoms with Crippen LogP contribution in [0.4, 0.5) is 5.00 Å². The number of benzene rings is 1. The Morgan fingerprint density at radius 3 is 2.85 bits per heavy atom. The number of aryl methyl sites for hydroxylation is 1. The van der Waals surface area contributed by atoms with Gasteiger partial charge in [0, 0.05) is 16.5 Å². The lowest BCUT2D eigenvalue weighted by molar-refractivity contribution is -0.111. The highest BCUT2D eigenvalue weighted by atomic mass is 32.1. The second-order valence-electron chi connectivity index (χ2n) is 6.26. The van der Waals surface area contributed by atoms with Crippen LogP contribution in [0.25, 0.3) is 6.08 Å². The number of nitrogens with one attached hydrogen (secondary N) is 1. The normalized spacial score (nSPS) is 12.8. The Morgan fingerprint density at radius 1 is 1.26 bits per heavy atom. The maximum absolute atomic E-state index is 12.4. The van der Waals surface area contributed by atoms with Crippen LogP contribution in [-0.4, -0.2) is 25.6 Å². The predicted octanol–water partition coefficient (Wildman–Crippen LogP) is 4.46. The molecule has 0 atom stereocenters. The number of hydrogen-bond donors (Lipinski definition) is 1. The van der Waals surface area contributed by atoms with E-state index in [9.17, 15) is 9.59 Å². The van der Waals surface area contributed by atoms with Crippen molar-refractivity contribution < 1.29 is 19.1 Å². The van der Waals surface area contributed by atoms with Crippen LogP contribution in [0.15, 0.2) is 30.3 Å². The first-order valence-electron chi connectivity index (χ1n) is 9.07. The molecule has 0 fully saturated rings. The minimum atomic E-state index is -0.396. The zero-order chi connectivity index (χ0) is 19.2. The van der Waals surface area contributed by atoms with Crippen LogP contribution >= 0.6 is 11.3 Å². The summed E-state index contributed by atoms with van der Waals surface area (Å²) in [6.07, 6.45) is 6.92. The summed E-state index contributed by atoms with van der Waals surface area (Å²) in [5, 5.41) is 3.41. The SMILES string of the molecule is CCCOc1ccccc1C=CC(=O)Nc1sc2c(c1C(=O)OC)CCC2. The van der Waals surface area contributed by atoms with Crippen LogP contribution in [0.2, 0.25) is 0 Å². The highest BCUT2D eigenvalue weighted by molar-refractivity contribution is 7.17. The summed E-state index contributed by atoms with van der Waals surface area (Å²) >= 11 is 1.47. The monoisotopic (exact) mass is 385 g/mol. The summed E-state index contributed by atoms with van der Waals surface area (Å²) in [6.45, 7) is 2.67. The van der Waals surface area contributed by atoms with Crippen molar-refractivity contribution in [1.82, 2.24) is 0 Å². The van der Waals surface area contributed by atoms with Gasteiger partial charge >= 0.3 is 5.97 Å². The van der Waals surface area contributed by atoms with E-state index in [0.717, 1.165) is 47.4 Å². The largest absolute Gasteiger partial charge is 0.493 e. The molecule has 0 radical (unpaired) electrons. The number of carbonyl (C=O) groups excluding carboxylic acids is 2. The Kier molecular flexibility index (Phi) is 6.29. The van der Waals surface area contributed by atoms with Gasteiger partial charge < -0.3 is 14.8 Å². The van der Waals surface area contributed by atoms with E-state index < -0.39 is 5.97 Å². The van der Waals surface area contributed by atoms with Crippen molar-refractivity contribution in [2.75, 3.05) is 19.0 Å². The standard InChI is InChI=1S/C21H23NO4S/c1-3-13-26-16-9-5-4-7-14(16)11-12-18(23)22-20-19(21(24)25-2)15-8-6-10-17(15)27-20/h4-5,7,9,11-12H,3,6,8,10,13H2,1-2H3,(H,22,23). The summed E-state index contributed by atoms with van der Waals surface area (Å²) in [7, 11) is 1.36. The van der Waals surface area contributed by atoms with Crippen molar-refractivity contribution in [3.63, 3.8) is 0 Å². The molecule has 3 rings (SSSR count). The Morgan fingerprint density at radius 2 is 2.07 bits per heavy atom. The number of para-hydroxylation sites is 1. The zero-order valence-electron chi connectivity index (χ0n) is 15.5. The van der Waals surface area contributed by atoms with E-state index in [1.165, 1.54) is 24.5 Å². The zero-order valence-corrected chi connectivity index (χ0v) is 16.4. The van der Waals surface area contributed by atoms with Gasteiger partial charge in [-0.1, -0.05) is 25.1 Å². The van der Waals surface area contributed by atoms with Gasteiger partial charge in [-0.2, -0.15) is 0 Å². The molecule has 1 amide bonds. The molecule has 0 spiro atoms. The number of amides is 1. The first-order chi connectivity index (χ1) is 13.1. The first kappa shape index (κ1) is 19.2. The second kappa shape index (κ2) is 8.86. The molecule has 1 aromatic heterocycles. The fourth-order valence-electron chi connectivity index (χ4n) is 3.09. The highest BCUT2D eigenvalue weighted by Gasteiger charge is 2.27. The molecule has 0 unspecified atom stereocenters. The van der Waals surface area contributed by atoms with Crippen LogP contribution in [0.5, 0.6) is 5.75 Å². The van der Waals surface area contributed by atoms with Gasteiger partial charge in [0.25, 0.3) is 0 Å². The molecule has 1 aliphatic carbocycles. The van der Waals surface area contributed by atoms with Crippen molar-refractivity contribution in [3.05, 3.63) is 51.9 Å². The number of ether oxygens (including phenoxy) is 2. The van der Waals surface area contributed by atoms with Crippen molar-refractivity contribution in [3.8, 4) is 5.75 Å². The molecule has 0 bridgehead atoms. The smallest absolute Gasteiger partial charge is 0.341 e. The average Bonchev–Trinajstić information content (AvgIpc) is 3.25. The third-order valence-corrected chi connectivity index (χ3v) is 5.55. The number of hydrogen-bond acceptors (Lipinski definition) is 5. The Hall–Kier alpha value is -2.60. The molecule has 27 heavy (non-hydrogen) atoms. The van der Waals surface area contributed by atoms with E-state index in [0.29, 0.717) is 17.2 Å². The van der Waals surface area contributed by atoms with Gasteiger partial charge in [-0.05, 0) is 43.4 Å². The fraction of sp³-hybridized carbons (Fsp3) is 0.333. The molecular weight excluding hydrogens is 362 g/mol. The maximum Gasteiger partial charge on any atom is 0.341 e. The van der Waals surface area contributed by atoms with Crippen molar-refractivity contribution in [2.45, 2.75) is 32.6 Å². The number of fused-ring (bicyclic) bond motifs is 1. The summed E-state index contributed by atoms with van der Waals surface area (Å²) < 4.78 is 10.6. The van der Waals surface area contributed by atoms with Gasteiger partial charge in [0.1, 0.15) is 10.8 Å². The van der Waals surface area contributed by atoms with Crippen LogP contribution in [0, 0.1) is 0 Å². The molecule has 0 saturated carbocycles. The molecule has 2 aromatic rings. The lowest BCUT2D eigenvalue weighted by Crippen LogP contribution is -2.12. The average molecular weight is 385 g/mol. The quantitative estimate of drug-likeness (QED) is 0.564. The van der Waals surface area contributed by atoms with Gasteiger partial charge in [-0.25, -0.2) is 4.79 Å². The highest BCUT2D eigenvalue weighted by Crippen LogP contribution is 2.39. The van der Waals surface area contributed by atoms with Gasteiger partial charge in [0.05, 0.1) is 19.3 Å². The Labute approximate surface area is 163 Å². The summed E-state index contributed by atoms with van der Waals surface area (Å²) in [5.41, 5.74) is 2.36. The predicted molar refractivity (Wildman–Crippen MR) is 108 cm³/mol. The van der Waals surface area contributed by atoms with Crippen LogP contribution < -0.4 is 10.1 Å². The van der Waals surface area contributed by atoms with Gasteiger partial charge in [-0.3, -0.25) is 4.79 Å². The molecule has 0 aliphatic heterocycles. The van der Waals surface area contributed by atoms with Crippen molar-refractivity contribution in [1.29, 1.82) is 0 Å². The van der Waals surface area contributed by atoms with E-state index in [-0.39, 0.29) is 5.91 Å². The first-order valence-corrected chi connectivity index (χ1v) is 9.89. The van der Waals surface area contributed by atoms with Crippen molar-refractivity contribution in [2.24, 2.45) is 0 Å². The van der Waals surface area contributed by atoms with E-state index >= 15 is 0 Å². The van der Waals surface area contributed by atoms with Crippen LogP contribution in [0.3, 0.4) is 0 Å². The molecule has 1 N–H and O–H groups in total. The maximum atomic E-state index is 12.4. The number of anilines is 1. The number of rotatable bonds is 7. The van der Waals surface area contributed by atoms with Crippen molar-refractivity contribution >= 4 is 34.3 Å². The van der Waals surface area contributed by atoms with Crippen LogP contribution in [0.1, 0.15) is 46.1 Å². The molecule has 0 saturated heterocycles. The molecule has 1 aromatic carbocycles. The number of thiophene rings is 1. The third kappa shape index (κ3) is 4.39. The van der Waals surface area contributed by atoms with E-state index in [1.807, 2.05) is 31.2 Å². The summed E-state index contributed by atoms with van der Waals surface area (Å²) in [6, 6.07) is 7.58. The minimum Gasteiger partial charge on any atom is -0.493 e. The van der Waals surface area contributed by atoms with E-state index in [1.54, 1.807) is 6.08 Å². The number of methoxy groups -OCH3 is 1. The number of esters is 1. The van der Waals surface area contributed by atoms with Gasteiger partial charge in [0.2, 0.25) is 5.91 Å². The van der Waals surface area contributed by atoms with E-state index in [2.05, 4.69) is 5.32 Å². The molecule has 1 heterocycles. The topological polar surface area (TPSA) is 64.6 Å². The lowest BCUT2D eigenvalue weighted by atomic mass is 10.1. The van der Waals surface area contributed by atoms with Crippen LogP contribution in [-0.2, 0) is 22.4 Å². The molecule has 1 aliphatic rings. The Balaban J connectivity index is 1.76. The van der Waals surface area contributed by atoms with Gasteiger partial charge in [-0.15, -0.1) is 11.3 Å². The summed E-state index contributed by atoms with van der Waals surface area (Å²) in [5.74, 6) is 0.0612. The third-order valence-electron chi connectivity index (χ3n) is 4.34. The molecule has 142 valence electrons. The molecule has 6 heteroatoms. The lowest BCUT2D eigenvalue weighted by Gasteiger charge is -2.08. The Bertz CT molecular complexity index is 869. The summed E-state index contributed by atoms with van der Waals surface area (Å²) in [4.78, 5) is 25.7. The number of carbonyl (C=O) groups is 2. The minimum absolute atomic E-state index is 0.287.